The van der Waals surface area contributed by atoms with Crippen LogP contribution in [-0.4, -0.2) is 98.1 Å². The van der Waals surface area contributed by atoms with Crippen LogP contribution in [0.1, 0.15) is 42.6 Å². The molecule has 3 N–H and O–H groups in total. The number of alkyl halides is 9. The Balaban J connectivity index is 0.000000430. The Morgan fingerprint density at radius 3 is 1.85 bits per heavy atom. The van der Waals surface area contributed by atoms with Gasteiger partial charge >= 0.3 is 36.4 Å². The third kappa shape index (κ3) is 14.9. The van der Waals surface area contributed by atoms with Gasteiger partial charge in [-0.2, -0.15) is 39.5 Å². The normalized spacial score (nSPS) is 16.2. The molecule has 12 nitrogen and oxygen atoms in total. The number of imidazole rings is 1. The maximum Gasteiger partial charge on any atom is 0.490 e. The second kappa shape index (κ2) is 17.7. The first-order valence-electron chi connectivity index (χ1n) is 13.3. The number of carbonyl (C=O) groups is 3. The van der Waals surface area contributed by atoms with Crippen LogP contribution in [0.4, 0.5) is 39.5 Å². The Hall–Kier alpha value is -4.14. The van der Waals surface area contributed by atoms with Gasteiger partial charge in [0.1, 0.15) is 0 Å². The van der Waals surface area contributed by atoms with Crippen molar-refractivity contribution in [2.24, 2.45) is 5.92 Å². The van der Waals surface area contributed by atoms with Gasteiger partial charge in [-0.15, -0.1) is 0 Å². The highest BCUT2D eigenvalue weighted by molar-refractivity contribution is 5.73. The molecule has 2 aliphatic rings. The van der Waals surface area contributed by atoms with Crippen LogP contribution < -0.4 is 4.74 Å². The van der Waals surface area contributed by atoms with E-state index in [-0.39, 0.29) is 0 Å². The van der Waals surface area contributed by atoms with Crippen LogP contribution in [0.3, 0.4) is 0 Å². The number of rotatable bonds is 8. The number of hydrogen-bond acceptors (Lipinski definition) is 8. The molecule has 3 heterocycles. The number of fused-ring (bicyclic) bond motifs is 1. The van der Waals surface area contributed by atoms with Crippen LogP contribution in [0, 0.1) is 5.92 Å². The molecule has 1 atom stereocenters. The molecular formula is C26H31F9N4O8. The second-order valence-electron chi connectivity index (χ2n) is 9.78. The van der Waals surface area contributed by atoms with Crippen molar-refractivity contribution in [3.8, 4) is 5.88 Å². The van der Waals surface area contributed by atoms with Gasteiger partial charge in [0.15, 0.2) is 0 Å². The minimum atomic E-state index is -5.08. The van der Waals surface area contributed by atoms with Gasteiger partial charge in [0.05, 0.1) is 25.7 Å². The number of aliphatic carboxylic acids is 3. The van der Waals surface area contributed by atoms with E-state index in [0.29, 0.717) is 11.8 Å². The molecule has 4 rings (SSSR count). The molecule has 21 heteroatoms. The maximum absolute atomic E-state index is 10.6. The lowest BCUT2D eigenvalue weighted by molar-refractivity contribution is -0.193. The summed E-state index contributed by atoms with van der Waals surface area (Å²) in [5.41, 5.74) is 3.70. The lowest BCUT2D eigenvalue weighted by Crippen LogP contribution is -2.36. The summed E-state index contributed by atoms with van der Waals surface area (Å²) < 4.78 is 109. The van der Waals surface area contributed by atoms with Crippen LogP contribution in [0.15, 0.2) is 24.7 Å². The predicted molar refractivity (Wildman–Crippen MR) is 140 cm³/mol. The molecular weight excluding hydrogens is 667 g/mol. The second-order valence-corrected chi connectivity index (χ2v) is 9.78. The summed E-state index contributed by atoms with van der Waals surface area (Å²) in [6.07, 6.45) is -8.73. The van der Waals surface area contributed by atoms with Gasteiger partial charge in [-0.05, 0) is 31.7 Å². The molecule has 0 aromatic carbocycles. The zero-order valence-electron chi connectivity index (χ0n) is 24.7. The van der Waals surface area contributed by atoms with Gasteiger partial charge in [-0.25, -0.2) is 24.4 Å². The minimum Gasteiger partial charge on any atom is -0.481 e. The van der Waals surface area contributed by atoms with E-state index in [0.717, 1.165) is 50.9 Å². The van der Waals surface area contributed by atoms with Crippen molar-refractivity contribution in [2.75, 3.05) is 26.9 Å². The van der Waals surface area contributed by atoms with Crippen molar-refractivity contribution in [2.45, 2.75) is 63.8 Å². The number of pyridine rings is 1. The fourth-order valence-corrected chi connectivity index (χ4v) is 3.91. The Morgan fingerprint density at radius 2 is 1.43 bits per heavy atom. The summed E-state index contributed by atoms with van der Waals surface area (Å²) in [6, 6.07) is 4.06. The summed E-state index contributed by atoms with van der Waals surface area (Å²) in [6.45, 7) is 7.33. The number of hydrogen-bond donors (Lipinski definition) is 3. The lowest BCUT2D eigenvalue weighted by Gasteiger charge is -2.33. The average molecular weight is 699 g/mol. The van der Waals surface area contributed by atoms with Crippen molar-refractivity contribution in [3.05, 3.63) is 41.6 Å². The van der Waals surface area contributed by atoms with E-state index in [1.54, 1.807) is 13.3 Å². The Bertz CT molecular complexity index is 1260. The molecule has 0 saturated heterocycles. The van der Waals surface area contributed by atoms with Gasteiger partial charge in [-0.1, -0.05) is 6.07 Å². The number of carboxylic acid groups (broad SMARTS) is 3. The number of methoxy groups -OCH3 is 1. The van der Waals surface area contributed by atoms with E-state index in [9.17, 15) is 39.5 Å². The van der Waals surface area contributed by atoms with Crippen molar-refractivity contribution in [3.63, 3.8) is 0 Å². The van der Waals surface area contributed by atoms with Crippen LogP contribution in [0.25, 0.3) is 0 Å². The van der Waals surface area contributed by atoms with E-state index in [2.05, 4.69) is 27.4 Å². The smallest absolute Gasteiger partial charge is 0.481 e. The van der Waals surface area contributed by atoms with Gasteiger partial charge in [-0.3, -0.25) is 4.90 Å². The number of halogens is 9. The fraction of sp³-hybridized carbons (Fsp3) is 0.577. The van der Waals surface area contributed by atoms with E-state index >= 15 is 0 Å². The molecule has 1 aliphatic heterocycles. The van der Waals surface area contributed by atoms with Crippen molar-refractivity contribution in [1.29, 1.82) is 0 Å². The highest BCUT2D eigenvalue weighted by Crippen LogP contribution is 2.35. The van der Waals surface area contributed by atoms with Gasteiger partial charge in [0.2, 0.25) is 5.88 Å². The Kier molecular flexibility index (Phi) is 15.4. The summed E-state index contributed by atoms with van der Waals surface area (Å²) in [4.78, 5) is 38.2. The molecule has 2 aromatic rings. The molecule has 266 valence electrons. The molecule has 47 heavy (non-hydrogen) atoms. The van der Waals surface area contributed by atoms with E-state index in [4.69, 9.17) is 44.2 Å². The van der Waals surface area contributed by atoms with Crippen molar-refractivity contribution in [1.82, 2.24) is 19.4 Å². The maximum atomic E-state index is 10.6. The van der Waals surface area contributed by atoms with Crippen LogP contribution in [0.2, 0.25) is 0 Å². The van der Waals surface area contributed by atoms with Gasteiger partial charge in [0.25, 0.3) is 0 Å². The third-order valence-corrected chi connectivity index (χ3v) is 6.04. The summed E-state index contributed by atoms with van der Waals surface area (Å²) in [7, 11) is 1.68. The molecule has 1 aliphatic carbocycles. The van der Waals surface area contributed by atoms with E-state index in [1.807, 2.05) is 12.4 Å². The van der Waals surface area contributed by atoms with Crippen LogP contribution in [-0.2, 0) is 38.8 Å². The van der Waals surface area contributed by atoms with Crippen LogP contribution >= 0.6 is 0 Å². The molecule has 1 unspecified atom stereocenters. The standard InChI is InChI=1S/C20H28N4O2.3C2HF3O2/c1-3-26-13-17-11-23(10-16-5-4-8-21-20(16)25-2)12-18-19(17)24(14-22-18)9-15-6-7-15;3*3-2(4,5)1(6)7/h4-5,8,14-15,17H,3,6-7,9-13H2,1-2H3;3*(H,6,7). The minimum absolute atomic E-state index is 0.364. The summed E-state index contributed by atoms with van der Waals surface area (Å²) in [5, 5.41) is 21.4. The van der Waals surface area contributed by atoms with Crippen LogP contribution in [0.5, 0.6) is 5.88 Å². The number of ether oxygens (including phenoxy) is 2. The first kappa shape index (κ1) is 40.9. The number of carboxylic acids is 3. The quantitative estimate of drug-likeness (QED) is 0.327. The largest absolute Gasteiger partial charge is 0.490 e. The molecule has 0 amide bonds. The molecule has 1 saturated carbocycles. The zero-order chi connectivity index (χ0) is 36.2. The number of nitrogens with zero attached hydrogens (tertiary/aromatic N) is 4. The van der Waals surface area contributed by atoms with Crippen molar-refractivity contribution >= 4 is 17.9 Å². The van der Waals surface area contributed by atoms with Crippen molar-refractivity contribution < 1.29 is 78.7 Å². The highest BCUT2D eigenvalue weighted by Gasteiger charge is 2.39. The molecule has 1 fully saturated rings. The topological polar surface area (TPSA) is 164 Å². The lowest BCUT2D eigenvalue weighted by atomic mass is 9.98. The average Bonchev–Trinajstić information content (AvgIpc) is 3.69. The van der Waals surface area contributed by atoms with E-state index < -0.39 is 36.4 Å². The summed E-state index contributed by atoms with van der Waals surface area (Å²) in [5.74, 6) is -6.35. The SMILES string of the molecule is CCOCC1CN(Cc2cccnc2OC)Cc2ncn(CC3CC3)c21.O=C(O)C(F)(F)F.O=C(O)C(F)(F)F.O=C(O)C(F)(F)F. The zero-order valence-corrected chi connectivity index (χ0v) is 24.7. The molecule has 0 bridgehead atoms. The first-order chi connectivity index (χ1) is 21.6. The number of aromatic nitrogens is 3. The predicted octanol–water partition coefficient (Wildman–Crippen LogP) is 4.73. The first-order valence-corrected chi connectivity index (χ1v) is 13.3. The molecule has 0 radical (unpaired) electrons. The summed E-state index contributed by atoms with van der Waals surface area (Å²) >= 11 is 0. The van der Waals surface area contributed by atoms with E-state index in [1.165, 1.54) is 24.2 Å². The van der Waals surface area contributed by atoms with Gasteiger partial charge in [0, 0.05) is 56.2 Å². The monoisotopic (exact) mass is 698 g/mol. The Morgan fingerprint density at radius 1 is 0.915 bits per heavy atom. The third-order valence-electron chi connectivity index (χ3n) is 6.04. The molecule has 2 aromatic heterocycles. The molecule has 0 spiro atoms. The Labute approximate surface area is 260 Å². The highest BCUT2D eigenvalue weighted by atomic mass is 19.4. The van der Waals surface area contributed by atoms with Gasteiger partial charge < -0.3 is 29.4 Å². The fourth-order valence-electron chi connectivity index (χ4n) is 3.91.